The summed E-state index contributed by atoms with van der Waals surface area (Å²) in [5, 5.41) is 0. The Kier molecular flexibility index (Phi) is 3.24. The first-order valence-corrected chi connectivity index (χ1v) is 5.62. The first-order chi connectivity index (χ1) is 8.15. The molecular weight excluding hydrogens is 217 g/mol. The number of nitrogens with two attached hydrogens (primary N) is 1. The second-order valence-corrected chi connectivity index (χ2v) is 4.05. The Morgan fingerprint density at radius 1 is 1.35 bits per heavy atom. The van der Waals surface area contributed by atoms with Crippen molar-refractivity contribution in [3.8, 4) is 11.4 Å². The van der Waals surface area contributed by atoms with E-state index in [0.29, 0.717) is 17.9 Å². The zero-order valence-electron chi connectivity index (χ0n) is 10.1. The standard InChI is InChI=1S/C13H16FN3/c1-9-12(7-8-15)17(2)13(16-9)10-5-3-4-6-11(10)14/h3-6H,7-8,15H2,1-2H3. The normalized spacial score (nSPS) is 10.8. The number of benzene rings is 1. The molecule has 1 aromatic carbocycles. The summed E-state index contributed by atoms with van der Waals surface area (Å²) in [5.41, 5.74) is 8.06. The topological polar surface area (TPSA) is 43.8 Å². The van der Waals surface area contributed by atoms with Crippen molar-refractivity contribution >= 4 is 0 Å². The van der Waals surface area contributed by atoms with E-state index in [1.807, 2.05) is 24.6 Å². The van der Waals surface area contributed by atoms with Gasteiger partial charge in [0.15, 0.2) is 0 Å². The number of aromatic nitrogens is 2. The summed E-state index contributed by atoms with van der Waals surface area (Å²) in [4.78, 5) is 4.43. The van der Waals surface area contributed by atoms with Gasteiger partial charge in [-0.1, -0.05) is 12.1 Å². The summed E-state index contributed by atoms with van der Waals surface area (Å²) in [6.45, 7) is 2.49. The average Bonchev–Trinajstić information content (AvgIpc) is 2.58. The van der Waals surface area contributed by atoms with Gasteiger partial charge in [0, 0.05) is 19.2 Å². The zero-order chi connectivity index (χ0) is 12.4. The minimum atomic E-state index is -0.250. The predicted octanol–water partition coefficient (Wildman–Crippen LogP) is 2.04. The summed E-state index contributed by atoms with van der Waals surface area (Å²) in [7, 11) is 1.90. The molecule has 0 fully saturated rings. The van der Waals surface area contributed by atoms with Gasteiger partial charge in [0.1, 0.15) is 11.6 Å². The van der Waals surface area contributed by atoms with Crippen LogP contribution in [0.4, 0.5) is 4.39 Å². The lowest BCUT2D eigenvalue weighted by Gasteiger charge is -2.06. The highest BCUT2D eigenvalue weighted by molar-refractivity contribution is 5.57. The molecule has 3 nitrogen and oxygen atoms in total. The minimum Gasteiger partial charge on any atom is -0.331 e. The van der Waals surface area contributed by atoms with Crippen LogP contribution < -0.4 is 5.73 Å². The van der Waals surface area contributed by atoms with Crippen LogP contribution >= 0.6 is 0 Å². The van der Waals surface area contributed by atoms with Gasteiger partial charge < -0.3 is 10.3 Å². The van der Waals surface area contributed by atoms with Gasteiger partial charge >= 0.3 is 0 Å². The van der Waals surface area contributed by atoms with Crippen LogP contribution in [0, 0.1) is 12.7 Å². The maximum atomic E-state index is 13.7. The number of halogens is 1. The van der Waals surface area contributed by atoms with Crippen LogP contribution in [-0.2, 0) is 13.5 Å². The SMILES string of the molecule is Cc1nc(-c2ccccc2F)n(C)c1CCN. The third-order valence-corrected chi connectivity index (χ3v) is 2.91. The van der Waals surface area contributed by atoms with Gasteiger partial charge in [-0.3, -0.25) is 0 Å². The molecule has 17 heavy (non-hydrogen) atoms. The van der Waals surface area contributed by atoms with E-state index in [2.05, 4.69) is 4.98 Å². The molecule has 2 N–H and O–H groups in total. The van der Waals surface area contributed by atoms with Crippen molar-refractivity contribution in [3.05, 3.63) is 41.5 Å². The van der Waals surface area contributed by atoms with Crippen LogP contribution in [-0.4, -0.2) is 16.1 Å². The van der Waals surface area contributed by atoms with Gasteiger partial charge in [0.25, 0.3) is 0 Å². The van der Waals surface area contributed by atoms with E-state index in [4.69, 9.17) is 5.73 Å². The molecule has 0 aliphatic carbocycles. The summed E-state index contributed by atoms with van der Waals surface area (Å²) in [6, 6.07) is 6.67. The average molecular weight is 233 g/mol. The highest BCUT2D eigenvalue weighted by Crippen LogP contribution is 2.23. The number of hydrogen-bond acceptors (Lipinski definition) is 2. The first kappa shape index (κ1) is 11.8. The summed E-state index contributed by atoms with van der Waals surface area (Å²) < 4.78 is 15.6. The molecule has 1 heterocycles. The van der Waals surface area contributed by atoms with E-state index in [1.165, 1.54) is 6.07 Å². The first-order valence-electron chi connectivity index (χ1n) is 5.62. The Morgan fingerprint density at radius 3 is 2.71 bits per heavy atom. The summed E-state index contributed by atoms with van der Waals surface area (Å²) >= 11 is 0. The Morgan fingerprint density at radius 2 is 2.06 bits per heavy atom. The van der Waals surface area contributed by atoms with Crippen molar-refractivity contribution < 1.29 is 4.39 Å². The lowest BCUT2D eigenvalue weighted by atomic mass is 10.2. The zero-order valence-corrected chi connectivity index (χ0v) is 10.1. The lowest BCUT2D eigenvalue weighted by molar-refractivity contribution is 0.628. The van der Waals surface area contributed by atoms with E-state index in [0.717, 1.165) is 17.8 Å². The van der Waals surface area contributed by atoms with E-state index in [-0.39, 0.29) is 5.82 Å². The molecule has 2 rings (SSSR count). The van der Waals surface area contributed by atoms with E-state index >= 15 is 0 Å². The maximum absolute atomic E-state index is 13.7. The Hall–Kier alpha value is -1.68. The molecular formula is C13H16FN3. The fraction of sp³-hybridized carbons (Fsp3) is 0.308. The van der Waals surface area contributed by atoms with Crippen LogP contribution in [0.5, 0.6) is 0 Å². The molecule has 1 aromatic heterocycles. The van der Waals surface area contributed by atoms with Crippen molar-refractivity contribution in [1.29, 1.82) is 0 Å². The number of rotatable bonds is 3. The van der Waals surface area contributed by atoms with Crippen molar-refractivity contribution in [2.45, 2.75) is 13.3 Å². The fourth-order valence-corrected chi connectivity index (χ4v) is 2.04. The van der Waals surface area contributed by atoms with Gasteiger partial charge in [0.2, 0.25) is 0 Å². The van der Waals surface area contributed by atoms with Crippen molar-refractivity contribution in [3.63, 3.8) is 0 Å². The Labute approximate surface area is 100 Å². The molecule has 0 saturated carbocycles. The Bertz CT molecular complexity index is 531. The fourth-order valence-electron chi connectivity index (χ4n) is 2.04. The van der Waals surface area contributed by atoms with Crippen LogP contribution in [0.15, 0.2) is 24.3 Å². The largest absolute Gasteiger partial charge is 0.331 e. The second kappa shape index (κ2) is 4.67. The van der Waals surface area contributed by atoms with Crippen LogP contribution in [0.3, 0.4) is 0 Å². The van der Waals surface area contributed by atoms with Crippen molar-refractivity contribution in [1.82, 2.24) is 9.55 Å². The number of nitrogens with zero attached hydrogens (tertiary/aromatic N) is 2. The molecule has 0 saturated heterocycles. The molecule has 0 radical (unpaired) electrons. The van der Waals surface area contributed by atoms with Gasteiger partial charge in [0.05, 0.1) is 11.3 Å². The van der Waals surface area contributed by atoms with Crippen LogP contribution in [0.2, 0.25) is 0 Å². The minimum absolute atomic E-state index is 0.250. The highest BCUT2D eigenvalue weighted by atomic mass is 19.1. The smallest absolute Gasteiger partial charge is 0.143 e. The summed E-state index contributed by atoms with van der Waals surface area (Å²) in [5.74, 6) is 0.406. The highest BCUT2D eigenvalue weighted by Gasteiger charge is 2.14. The summed E-state index contributed by atoms with van der Waals surface area (Å²) in [6.07, 6.45) is 0.754. The number of aryl methyl sites for hydroxylation is 1. The van der Waals surface area contributed by atoms with Crippen LogP contribution in [0.25, 0.3) is 11.4 Å². The number of imidazole rings is 1. The molecule has 0 atom stereocenters. The second-order valence-electron chi connectivity index (χ2n) is 4.05. The third kappa shape index (κ3) is 2.08. The quantitative estimate of drug-likeness (QED) is 0.881. The molecule has 0 unspecified atom stereocenters. The monoisotopic (exact) mass is 233 g/mol. The predicted molar refractivity (Wildman–Crippen MR) is 66.1 cm³/mol. The Balaban J connectivity index is 2.54. The molecule has 0 bridgehead atoms. The van der Waals surface area contributed by atoms with Gasteiger partial charge in [-0.15, -0.1) is 0 Å². The molecule has 0 amide bonds. The molecule has 90 valence electrons. The maximum Gasteiger partial charge on any atom is 0.143 e. The number of hydrogen-bond donors (Lipinski definition) is 1. The van der Waals surface area contributed by atoms with Crippen molar-refractivity contribution in [2.75, 3.05) is 6.54 Å². The lowest BCUT2D eigenvalue weighted by Crippen LogP contribution is -2.08. The van der Waals surface area contributed by atoms with E-state index in [9.17, 15) is 4.39 Å². The van der Waals surface area contributed by atoms with E-state index < -0.39 is 0 Å². The van der Waals surface area contributed by atoms with Crippen LogP contribution in [0.1, 0.15) is 11.4 Å². The van der Waals surface area contributed by atoms with Crippen molar-refractivity contribution in [2.24, 2.45) is 12.8 Å². The van der Waals surface area contributed by atoms with Gasteiger partial charge in [-0.25, -0.2) is 9.37 Å². The van der Waals surface area contributed by atoms with Gasteiger partial charge in [-0.2, -0.15) is 0 Å². The molecule has 0 spiro atoms. The molecule has 0 aliphatic rings. The molecule has 0 aliphatic heterocycles. The third-order valence-electron chi connectivity index (χ3n) is 2.91. The molecule has 2 aromatic rings. The van der Waals surface area contributed by atoms with Gasteiger partial charge in [-0.05, 0) is 25.6 Å². The molecule has 4 heteroatoms. The van der Waals surface area contributed by atoms with E-state index in [1.54, 1.807) is 12.1 Å².